The molecule has 1 unspecified atom stereocenters. The van der Waals surface area contributed by atoms with Crippen molar-refractivity contribution in [3.63, 3.8) is 0 Å². The molecule has 1 atom stereocenters. The number of hydrogen-bond acceptors (Lipinski definition) is 3. The highest BCUT2D eigenvalue weighted by Gasteiger charge is 2.45. The maximum absolute atomic E-state index is 14.7. The summed E-state index contributed by atoms with van der Waals surface area (Å²) in [6.07, 6.45) is 1.89. The van der Waals surface area contributed by atoms with Gasteiger partial charge in [-0.15, -0.1) is 0 Å². The number of amides is 1. The molecule has 1 amide bonds. The van der Waals surface area contributed by atoms with Gasteiger partial charge in [0.15, 0.2) is 0 Å². The van der Waals surface area contributed by atoms with E-state index in [-0.39, 0.29) is 25.5 Å². The second-order valence-corrected chi connectivity index (χ2v) is 5.05. The van der Waals surface area contributed by atoms with Crippen LogP contribution in [0.1, 0.15) is 23.2 Å². The van der Waals surface area contributed by atoms with Crippen LogP contribution in [-0.2, 0) is 9.53 Å². The zero-order valence-electron chi connectivity index (χ0n) is 11.8. The van der Waals surface area contributed by atoms with Crippen molar-refractivity contribution in [2.45, 2.75) is 18.5 Å². The highest BCUT2D eigenvalue weighted by atomic mass is 19.1. The molecule has 2 rings (SSSR count). The highest BCUT2D eigenvalue weighted by molar-refractivity contribution is 5.95. The molecule has 1 fully saturated rings. The van der Waals surface area contributed by atoms with E-state index in [1.807, 2.05) is 0 Å². The Morgan fingerprint density at radius 3 is 2.76 bits per heavy atom. The van der Waals surface area contributed by atoms with Gasteiger partial charge in [0.2, 0.25) is 5.67 Å². The van der Waals surface area contributed by atoms with Crippen LogP contribution in [0.4, 0.5) is 4.39 Å². The first-order valence-corrected chi connectivity index (χ1v) is 6.88. The molecule has 0 radical (unpaired) electrons. The predicted molar refractivity (Wildman–Crippen MR) is 76.6 cm³/mol. The van der Waals surface area contributed by atoms with Crippen molar-refractivity contribution < 1.29 is 18.7 Å². The standard InChI is InChI=1S/C16H18FNO3/c1-2-11-21-15(20)16(17)9-6-10-18(12-16)14(19)13-7-4-3-5-8-13/h2-5,7-8H,1,6,9-12H2. The van der Waals surface area contributed by atoms with Crippen molar-refractivity contribution in [2.75, 3.05) is 19.7 Å². The first kappa shape index (κ1) is 15.2. The van der Waals surface area contributed by atoms with Crippen LogP contribution in [0.3, 0.4) is 0 Å². The lowest BCUT2D eigenvalue weighted by atomic mass is 9.94. The number of nitrogens with zero attached hydrogens (tertiary/aromatic N) is 1. The first-order valence-electron chi connectivity index (χ1n) is 6.88. The van der Waals surface area contributed by atoms with Gasteiger partial charge in [-0.25, -0.2) is 9.18 Å². The van der Waals surface area contributed by atoms with E-state index in [0.29, 0.717) is 18.5 Å². The van der Waals surface area contributed by atoms with Gasteiger partial charge >= 0.3 is 5.97 Å². The Hall–Kier alpha value is -2.17. The van der Waals surface area contributed by atoms with Crippen molar-refractivity contribution in [3.8, 4) is 0 Å². The van der Waals surface area contributed by atoms with Gasteiger partial charge in [0.05, 0.1) is 6.54 Å². The molecular formula is C16H18FNO3. The van der Waals surface area contributed by atoms with Crippen molar-refractivity contribution in [3.05, 3.63) is 48.6 Å². The van der Waals surface area contributed by atoms with Crippen LogP contribution >= 0.6 is 0 Å². The Kier molecular flexibility index (Phi) is 4.73. The average molecular weight is 291 g/mol. The molecule has 1 aromatic rings. The zero-order chi connectivity index (χ0) is 15.3. The summed E-state index contributed by atoms with van der Waals surface area (Å²) in [7, 11) is 0. The highest BCUT2D eigenvalue weighted by Crippen LogP contribution is 2.27. The van der Waals surface area contributed by atoms with Gasteiger partial charge in [-0.2, -0.15) is 0 Å². The normalized spacial score (nSPS) is 21.7. The summed E-state index contributed by atoms with van der Waals surface area (Å²) in [5, 5.41) is 0. The zero-order valence-corrected chi connectivity index (χ0v) is 11.8. The lowest BCUT2D eigenvalue weighted by Crippen LogP contribution is -2.52. The molecule has 0 aliphatic carbocycles. The van der Waals surface area contributed by atoms with Crippen LogP contribution in [0.25, 0.3) is 0 Å². The molecule has 5 heteroatoms. The summed E-state index contributed by atoms with van der Waals surface area (Å²) >= 11 is 0. The van der Waals surface area contributed by atoms with Gasteiger partial charge in [-0.05, 0) is 25.0 Å². The third-order valence-electron chi connectivity index (χ3n) is 3.45. The number of alkyl halides is 1. The summed E-state index contributed by atoms with van der Waals surface area (Å²) in [5.41, 5.74) is -1.65. The second-order valence-electron chi connectivity index (χ2n) is 5.05. The van der Waals surface area contributed by atoms with E-state index in [1.54, 1.807) is 30.3 Å². The fraction of sp³-hybridized carbons (Fsp3) is 0.375. The Morgan fingerprint density at radius 2 is 2.10 bits per heavy atom. The lowest BCUT2D eigenvalue weighted by molar-refractivity contribution is -0.159. The maximum atomic E-state index is 14.7. The number of carbonyl (C=O) groups excluding carboxylic acids is 2. The molecule has 1 saturated heterocycles. The SMILES string of the molecule is C=CCOC(=O)C1(F)CCCN(C(=O)c2ccccc2)C1. The number of benzene rings is 1. The number of esters is 1. The van der Waals surface area contributed by atoms with Crippen LogP contribution in [0.5, 0.6) is 0 Å². The summed E-state index contributed by atoms with van der Waals surface area (Å²) < 4.78 is 19.5. The number of hydrogen-bond donors (Lipinski definition) is 0. The van der Waals surface area contributed by atoms with Crippen LogP contribution in [-0.4, -0.2) is 42.1 Å². The Balaban J connectivity index is 2.08. The molecule has 1 aliphatic heterocycles. The molecule has 21 heavy (non-hydrogen) atoms. The molecule has 0 N–H and O–H groups in total. The first-order chi connectivity index (χ1) is 10.1. The van der Waals surface area contributed by atoms with Crippen LogP contribution in [0, 0.1) is 0 Å². The fourth-order valence-corrected chi connectivity index (χ4v) is 2.38. The topological polar surface area (TPSA) is 46.6 Å². The molecule has 4 nitrogen and oxygen atoms in total. The van der Waals surface area contributed by atoms with Gasteiger partial charge in [0, 0.05) is 12.1 Å². The van der Waals surface area contributed by atoms with Crippen LogP contribution in [0.15, 0.2) is 43.0 Å². The smallest absolute Gasteiger partial charge is 0.346 e. The van der Waals surface area contributed by atoms with Crippen molar-refractivity contribution in [2.24, 2.45) is 0 Å². The second kappa shape index (κ2) is 6.52. The fourth-order valence-electron chi connectivity index (χ4n) is 2.38. The lowest BCUT2D eigenvalue weighted by Gasteiger charge is -2.35. The van der Waals surface area contributed by atoms with Crippen LogP contribution in [0.2, 0.25) is 0 Å². The third-order valence-corrected chi connectivity index (χ3v) is 3.45. The minimum Gasteiger partial charge on any atom is -0.459 e. The molecular weight excluding hydrogens is 273 g/mol. The molecule has 0 saturated carbocycles. The molecule has 0 spiro atoms. The van der Waals surface area contributed by atoms with E-state index < -0.39 is 11.6 Å². The third kappa shape index (κ3) is 3.48. The van der Waals surface area contributed by atoms with Gasteiger partial charge in [-0.3, -0.25) is 4.79 Å². The van der Waals surface area contributed by atoms with Crippen molar-refractivity contribution in [1.29, 1.82) is 0 Å². The summed E-state index contributed by atoms with van der Waals surface area (Å²) in [6, 6.07) is 8.65. The number of ether oxygens (including phenoxy) is 1. The van der Waals surface area contributed by atoms with E-state index in [2.05, 4.69) is 6.58 Å². The van der Waals surface area contributed by atoms with Gasteiger partial charge in [0.25, 0.3) is 5.91 Å². The largest absolute Gasteiger partial charge is 0.459 e. The van der Waals surface area contributed by atoms with E-state index in [1.165, 1.54) is 11.0 Å². The quantitative estimate of drug-likeness (QED) is 0.632. The molecule has 1 aromatic carbocycles. The number of rotatable bonds is 4. The predicted octanol–water partition coefficient (Wildman–Crippen LogP) is 2.36. The van der Waals surface area contributed by atoms with Crippen molar-refractivity contribution in [1.82, 2.24) is 4.90 Å². The maximum Gasteiger partial charge on any atom is 0.346 e. The summed E-state index contributed by atoms with van der Waals surface area (Å²) in [6.45, 7) is 3.56. The van der Waals surface area contributed by atoms with E-state index in [9.17, 15) is 14.0 Å². The Morgan fingerprint density at radius 1 is 1.38 bits per heavy atom. The number of halogens is 1. The van der Waals surface area contributed by atoms with E-state index in [0.717, 1.165) is 0 Å². The van der Waals surface area contributed by atoms with Crippen molar-refractivity contribution >= 4 is 11.9 Å². The van der Waals surface area contributed by atoms with Crippen LogP contribution < -0.4 is 0 Å². The van der Waals surface area contributed by atoms with Gasteiger partial charge in [0.1, 0.15) is 6.61 Å². The molecule has 1 aliphatic rings. The summed E-state index contributed by atoms with van der Waals surface area (Å²) in [5.74, 6) is -1.19. The Labute approximate surface area is 123 Å². The average Bonchev–Trinajstić information content (AvgIpc) is 2.52. The number of likely N-dealkylation sites (tertiary alicyclic amines) is 1. The van der Waals surface area contributed by atoms with Gasteiger partial charge in [-0.1, -0.05) is 30.9 Å². The van der Waals surface area contributed by atoms with E-state index in [4.69, 9.17) is 4.74 Å². The van der Waals surface area contributed by atoms with E-state index >= 15 is 0 Å². The number of carbonyl (C=O) groups is 2. The minimum absolute atomic E-state index is 0.0306. The molecule has 0 bridgehead atoms. The Bertz CT molecular complexity index is 532. The van der Waals surface area contributed by atoms with Gasteiger partial charge < -0.3 is 9.64 Å². The molecule has 112 valence electrons. The number of piperidine rings is 1. The molecule has 1 heterocycles. The minimum atomic E-state index is -2.13. The summed E-state index contributed by atoms with van der Waals surface area (Å²) in [4.78, 5) is 25.5. The molecule has 0 aromatic heterocycles. The monoisotopic (exact) mass is 291 g/mol.